The highest BCUT2D eigenvalue weighted by molar-refractivity contribution is 6.00. The summed E-state index contributed by atoms with van der Waals surface area (Å²) in [6.45, 7) is 4.98. The summed E-state index contributed by atoms with van der Waals surface area (Å²) in [5.74, 6) is -0.642. The second-order valence-corrected chi connectivity index (χ2v) is 7.82. The third-order valence-corrected chi connectivity index (χ3v) is 5.39. The molecule has 3 rings (SSSR count). The Balaban J connectivity index is 1.58. The average Bonchev–Trinajstić information content (AvgIpc) is 3.14. The van der Waals surface area contributed by atoms with Crippen LogP contribution in [0.15, 0.2) is 48.5 Å². The fraction of sp³-hybridized carbons (Fsp3) is 0.269. The lowest BCUT2D eigenvalue weighted by molar-refractivity contribution is -0.141. The number of carbonyl (C=O) groups excluding carboxylic acids is 3. The number of nitrogens with zero attached hydrogens (tertiary/aromatic N) is 1. The molecule has 1 heterocycles. The summed E-state index contributed by atoms with van der Waals surface area (Å²) in [7, 11) is 2.95. The molecule has 1 amide bonds. The van der Waals surface area contributed by atoms with Gasteiger partial charge in [0, 0.05) is 34.3 Å². The monoisotopic (exact) mass is 464 g/mol. The largest absolute Gasteiger partial charge is 0.497 e. The number of hydrogen-bond acceptors (Lipinski definition) is 6. The Hall–Kier alpha value is -4.07. The van der Waals surface area contributed by atoms with Crippen LogP contribution in [-0.4, -0.2) is 49.6 Å². The fourth-order valence-corrected chi connectivity index (χ4v) is 3.60. The summed E-state index contributed by atoms with van der Waals surface area (Å²) in [5, 5.41) is 2.48. The van der Waals surface area contributed by atoms with Crippen LogP contribution in [0.4, 0.5) is 0 Å². The topological polar surface area (TPSA) is 95.9 Å². The van der Waals surface area contributed by atoms with Gasteiger partial charge in [0.2, 0.25) is 5.78 Å². The Labute approximate surface area is 198 Å². The Morgan fingerprint density at radius 3 is 2.09 bits per heavy atom. The number of carbonyl (C=O) groups is 3. The Morgan fingerprint density at radius 1 is 0.882 bits per heavy atom. The molecular formula is C26H28N2O6. The summed E-state index contributed by atoms with van der Waals surface area (Å²) >= 11 is 0. The summed E-state index contributed by atoms with van der Waals surface area (Å²) in [4.78, 5) is 37.2. The number of esters is 1. The number of amides is 1. The van der Waals surface area contributed by atoms with E-state index in [9.17, 15) is 14.4 Å². The summed E-state index contributed by atoms with van der Waals surface area (Å²) < 4.78 is 17.4. The van der Waals surface area contributed by atoms with Gasteiger partial charge in [-0.05, 0) is 51.1 Å². The van der Waals surface area contributed by atoms with Crippen molar-refractivity contribution in [1.82, 2.24) is 9.88 Å². The van der Waals surface area contributed by atoms with Crippen molar-refractivity contribution < 1.29 is 28.6 Å². The second-order valence-electron chi connectivity index (χ2n) is 7.82. The summed E-state index contributed by atoms with van der Waals surface area (Å²) in [6, 6.07) is 14.5. The van der Waals surface area contributed by atoms with Gasteiger partial charge >= 0.3 is 5.97 Å². The molecule has 34 heavy (non-hydrogen) atoms. The van der Waals surface area contributed by atoms with Gasteiger partial charge in [0.25, 0.3) is 5.91 Å². The fourth-order valence-electron chi connectivity index (χ4n) is 3.60. The molecule has 178 valence electrons. The minimum atomic E-state index is -0.719. The normalized spacial score (nSPS) is 10.5. The maximum absolute atomic E-state index is 12.7. The molecule has 0 fully saturated rings. The molecular weight excluding hydrogens is 436 g/mol. The first kappa shape index (κ1) is 24.6. The van der Waals surface area contributed by atoms with Crippen LogP contribution < -0.4 is 14.8 Å². The van der Waals surface area contributed by atoms with E-state index in [1.165, 1.54) is 26.4 Å². The molecule has 0 bridgehead atoms. The van der Waals surface area contributed by atoms with E-state index >= 15 is 0 Å². The van der Waals surface area contributed by atoms with Gasteiger partial charge in [-0.2, -0.15) is 0 Å². The van der Waals surface area contributed by atoms with E-state index < -0.39 is 18.5 Å². The number of aromatic nitrogens is 1. The van der Waals surface area contributed by atoms with Crippen molar-refractivity contribution in [2.24, 2.45) is 0 Å². The lowest BCUT2D eigenvalue weighted by Crippen LogP contribution is -2.31. The molecule has 1 aromatic heterocycles. The van der Waals surface area contributed by atoms with Crippen LogP contribution >= 0.6 is 0 Å². The zero-order valence-electron chi connectivity index (χ0n) is 19.9. The molecule has 0 atom stereocenters. The first-order valence-corrected chi connectivity index (χ1v) is 10.7. The third-order valence-electron chi connectivity index (χ3n) is 5.39. The highest BCUT2D eigenvalue weighted by Gasteiger charge is 2.19. The lowest BCUT2D eigenvalue weighted by atomic mass is 10.1. The van der Waals surface area contributed by atoms with Crippen LogP contribution in [0.2, 0.25) is 0 Å². The molecule has 0 spiro atoms. The van der Waals surface area contributed by atoms with Crippen molar-refractivity contribution in [3.63, 3.8) is 0 Å². The van der Waals surface area contributed by atoms with Crippen LogP contribution in [0, 0.1) is 20.8 Å². The number of methoxy groups -OCH3 is 2. The standard InChI is InChI=1S/C26H28N2O6/c1-16-6-8-20(9-7-16)28-17(2)10-23(18(28)3)24(29)15-34-25(30)14-27-26(31)19-11-21(32-4)13-22(12-19)33-5/h6-13H,14-15H2,1-5H3,(H,27,31). The molecule has 0 aliphatic heterocycles. The van der Waals surface area contributed by atoms with E-state index in [2.05, 4.69) is 5.32 Å². The van der Waals surface area contributed by atoms with Crippen LogP contribution in [0.25, 0.3) is 5.69 Å². The number of Topliss-reactive ketones (excluding diaryl/α,β-unsaturated/α-hetero) is 1. The van der Waals surface area contributed by atoms with Crippen molar-refractivity contribution in [1.29, 1.82) is 0 Å². The number of nitrogens with one attached hydrogen (secondary N) is 1. The molecule has 1 N–H and O–H groups in total. The Morgan fingerprint density at radius 2 is 1.50 bits per heavy atom. The molecule has 0 unspecified atom stereocenters. The first-order chi connectivity index (χ1) is 16.2. The van der Waals surface area contributed by atoms with Crippen LogP contribution in [0.3, 0.4) is 0 Å². The number of rotatable bonds is 9. The zero-order valence-corrected chi connectivity index (χ0v) is 19.9. The molecule has 0 aliphatic rings. The van der Waals surface area contributed by atoms with Crippen molar-refractivity contribution in [3.05, 3.63) is 76.6 Å². The van der Waals surface area contributed by atoms with Gasteiger partial charge in [0.05, 0.1) is 14.2 Å². The van der Waals surface area contributed by atoms with Gasteiger partial charge in [-0.1, -0.05) is 17.7 Å². The predicted octanol–water partition coefficient (Wildman–Crippen LogP) is 3.58. The average molecular weight is 465 g/mol. The van der Waals surface area contributed by atoms with Gasteiger partial charge in [-0.25, -0.2) is 0 Å². The van der Waals surface area contributed by atoms with E-state index in [-0.39, 0.29) is 17.9 Å². The predicted molar refractivity (Wildman–Crippen MR) is 127 cm³/mol. The van der Waals surface area contributed by atoms with Crippen molar-refractivity contribution in [2.75, 3.05) is 27.4 Å². The molecule has 3 aromatic rings. The number of hydrogen-bond donors (Lipinski definition) is 1. The highest BCUT2D eigenvalue weighted by Crippen LogP contribution is 2.23. The van der Waals surface area contributed by atoms with Gasteiger partial charge in [0.15, 0.2) is 6.61 Å². The number of ether oxygens (including phenoxy) is 3. The molecule has 0 aliphatic carbocycles. The highest BCUT2D eigenvalue weighted by atomic mass is 16.5. The van der Waals surface area contributed by atoms with Gasteiger partial charge < -0.3 is 24.1 Å². The van der Waals surface area contributed by atoms with E-state index in [1.54, 1.807) is 12.1 Å². The molecule has 0 radical (unpaired) electrons. The maximum Gasteiger partial charge on any atom is 0.325 e. The van der Waals surface area contributed by atoms with E-state index in [4.69, 9.17) is 14.2 Å². The summed E-state index contributed by atoms with van der Waals surface area (Å²) in [5.41, 5.74) is 4.52. The van der Waals surface area contributed by atoms with Crippen LogP contribution in [0.5, 0.6) is 11.5 Å². The molecule has 2 aromatic carbocycles. The molecule has 8 nitrogen and oxygen atoms in total. The SMILES string of the molecule is COc1cc(OC)cc(C(=O)NCC(=O)OCC(=O)c2cc(C)n(-c3ccc(C)cc3)c2C)c1. The third kappa shape index (κ3) is 5.64. The van der Waals surface area contributed by atoms with Crippen LogP contribution in [0.1, 0.15) is 37.7 Å². The lowest BCUT2D eigenvalue weighted by Gasteiger charge is -2.10. The van der Waals surface area contributed by atoms with Crippen molar-refractivity contribution in [3.8, 4) is 17.2 Å². The number of benzene rings is 2. The van der Waals surface area contributed by atoms with E-state index in [0.717, 1.165) is 22.6 Å². The van der Waals surface area contributed by atoms with E-state index in [1.807, 2.05) is 49.6 Å². The Kier molecular flexibility index (Phi) is 7.73. The van der Waals surface area contributed by atoms with Crippen LogP contribution in [-0.2, 0) is 9.53 Å². The Bertz CT molecular complexity index is 1190. The minimum absolute atomic E-state index is 0.267. The quantitative estimate of drug-likeness (QED) is 0.384. The molecule has 0 saturated carbocycles. The maximum atomic E-state index is 12.7. The molecule has 0 saturated heterocycles. The number of aryl methyl sites for hydroxylation is 2. The number of ketones is 1. The zero-order chi connectivity index (χ0) is 24.8. The van der Waals surface area contributed by atoms with Gasteiger partial charge in [-0.3, -0.25) is 14.4 Å². The minimum Gasteiger partial charge on any atom is -0.497 e. The smallest absolute Gasteiger partial charge is 0.325 e. The van der Waals surface area contributed by atoms with Crippen molar-refractivity contribution in [2.45, 2.75) is 20.8 Å². The first-order valence-electron chi connectivity index (χ1n) is 10.7. The van der Waals surface area contributed by atoms with Crippen molar-refractivity contribution >= 4 is 17.7 Å². The van der Waals surface area contributed by atoms with Gasteiger partial charge in [0.1, 0.15) is 18.0 Å². The van der Waals surface area contributed by atoms with Gasteiger partial charge in [-0.15, -0.1) is 0 Å². The second kappa shape index (κ2) is 10.7. The summed E-state index contributed by atoms with van der Waals surface area (Å²) in [6.07, 6.45) is 0. The van der Waals surface area contributed by atoms with E-state index in [0.29, 0.717) is 17.1 Å². The molecule has 8 heteroatoms.